The normalized spacial score (nSPS) is 10.6. The van der Waals surface area contributed by atoms with Crippen molar-refractivity contribution in [3.05, 3.63) is 15.8 Å². The Morgan fingerprint density at radius 3 is 2.58 bits per heavy atom. The van der Waals surface area contributed by atoms with E-state index in [-0.39, 0.29) is 17.4 Å². The van der Waals surface area contributed by atoms with E-state index in [0.717, 1.165) is 0 Å². The molecule has 0 aromatic carbocycles. The third-order valence-electron chi connectivity index (χ3n) is 1.55. The van der Waals surface area contributed by atoms with Crippen molar-refractivity contribution in [2.45, 2.75) is 19.8 Å². The Hall–Kier alpha value is -1.59. The van der Waals surface area contributed by atoms with Crippen molar-refractivity contribution in [2.75, 3.05) is 5.73 Å². The molecule has 0 bridgehead atoms. The molecule has 3 N–H and O–H groups in total. The van der Waals surface area contributed by atoms with Gasteiger partial charge in [0.1, 0.15) is 5.69 Å². The molecule has 1 heterocycles. The van der Waals surface area contributed by atoms with Crippen molar-refractivity contribution < 1.29 is 4.92 Å². The fourth-order valence-corrected chi connectivity index (χ4v) is 0.959. The van der Waals surface area contributed by atoms with Gasteiger partial charge in [0.15, 0.2) is 0 Å². The third kappa shape index (κ3) is 1.23. The van der Waals surface area contributed by atoms with Gasteiger partial charge in [-0.05, 0) is 0 Å². The van der Waals surface area contributed by atoms with Gasteiger partial charge in [0.2, 0.25) is 5.82 Å². The van der Waals surface area contributed by atoms with Gasteiger partial charge in [-0.2, -0.15) is 5.10 Å². The highest BCUT2D eigenvalue weighted by molar-refractivity contribution is 5.56. The van der Waals surface area contributed by atoms with E-state index < -0.39 is 4.92 Å². The molecule has 66 valence electrons. The van der Waals surface area contributed by atoms with Crippen molar-refractivity contribution in [3.63, 3.8) is 0 Å². The maximum Gasteiger partial charge on any atom is 0.333 e. The van der Waals surface area contributed by atoms with Gasteiger partial charge in [-0.25, -0.2) is 0 Å². The number of H-pyrrole nitrogens is 1. The lowest BCUT2D eigenvalue weighted by Gasteiger charge is -1.98. The number of nitrogens with zero attached hydrogens (tertiary/aromatic N) is 2. The molecule has 1 aromatic heterocycles. The molecule has 6 heteroatoms. The minimum atomic E-state index is -0.520. The van der Waals surface area contributed by atoms with Gasteiger partial charge in [-0.15, -0.1) is 0 Å². The molecular weight excluding hydrogens is 160 g/mol. The molecule has 0 amide bonds. The van der Waals surface area contributed by atoms with Crippen LogP contribution >= 0.6 is 0 Å². The van der Waals surface area contributed by atoms with E-state index in [4.69, 9.17) is 5.73 Å². The molecule has 12 heavy (non-hydrogen) atoms. The van der Waals surface area contributed by atoms with Crippen LogP contribution in [0.1, 0.15) is 25.5 Å². The average molecular weight is 170 g/mol. The molecule has 0 fully saturated rings. The molecule has 6 nitrogen and oxygen atoms in total. The van der Waals surface area contributed by atoms with Crippen LogP contribution in [0.4, 0.5) is 11.5 Å². The van der Waals surface area contributed by atoms with Gasteiger partial charge in [0.05, 0.1) is 4.92 Å². The van der Waals surface area contributed by atoms with Gasteiger partial charge >= 0.3 is 5.69 Å². The lowest BCUT2D eigenvalue weighted by molar-refractivity contribution is -0.384. The summed E-state index contributed by atoms with van der Waals surface area (Å²) in [4.78, 5) is 9.95. The molecule has 0 atom stereocenters. The van der Waals surface area contributed by atoms with E-state index in [9.17, 15) is 10.1 Å². The first-order valence-electron chi connectivity index (χ1n) is 3.52. The number of nitrogens with two attached hydrogens (primary N) is 1. The highest BCUT2D eigenvalue weighted by atomic mass is 16.6. The Labute approximate surface area is 68.9 Å². The minimum Gasteiger partial charge on any atom is -0.376 e. The van der Waals surface area contributed by atoms with Gasteiger partial charge < -0.3 is 5.73 Å². The van der Waals surface area contributed by atoms with Crippen LogP contribution in [0.5, 0.6) is 0 Å². The zero-order valence-corrected chi connectivity index (χ0v) is 6.87. The highest BCUT2D eigenvalue weighted by Gasteiger charge is 2.23. The van der Waals surface area contributed by atoms with E-state index in [0.29, 0.717) is 5.69 Å². The van der Waals surface area contributed by atoms with Gasteiger partial charge in [0.25, 0.3) is 0 Å². The monoisotopic (exact) mass is 170 g/mol. The maximum atomic E-state index is 10.5. The first-order chi connectivity index (χ1) is 5.54. The second-order valence-electron chi connectivity index (χ2n) is 2.78. The first-order valence-corrected chi connectivity index (χ1v) is 3.52. The van der Waals surface area contributed by atoms with Crippen molar-refractivity contribution in [2.24, 2.45) is 0 Å². The van der Waals surface area contributed by atoms with Crippen molar-refractivity contribution in [3.8, 4) is 0 Å². The topological polar surface area (TPSA) is 97.8 Å². The zero-order valence-electron chi connectivity index (χ0n) is 6.87. The van der Waals surface area contributed by atoms with E-state index in [1.54, 1.807) is 0 Å². The largest absolute Gasteiger partial charge is 0.376 e. The van der Waals surface area contributed by atoms with Crippen LogP contribution in [0.2, 0.25) is 0 Å². The number of rotatable bonds is 2. The summed E-state index contributed by atoms with van der Waals surface area (Å²) < 4.78 is 0. The average Bonchev–Trinajstić information content (AvgIpc) is 2.30. The van der Waals surface area contributed by atoms with E-state index in [1.807, 2.05) is 13.8 Å². The summed E-state index contributed by atoms with van der Waals surface area (Å²) in [6, 6.07) is 0. The summed E-state index contributed by atoms with van der Waals surface area (Å²) in [5.74, 6) is -0.0288. The molecular formula is C6H10N4O2. The predicted octanol–water partition coefficient (Wildman–Crippen LogP) is 1.02. The SMILES string of the molecule is CC(C)c1[nH]nc(N)c1[N+](=O)[O-]. The van der Waals surface area contributed by atoms with E-state index >= 15 is 0 Å². The van der Waals surface area contributed by atoms with Crippen molar-refractivity contribution in [1.82, 2.24) is 10.2 Å². The smallest absolute Gasteiger partial charge is 0.333 e. The second-order valence-corrected chi connectivity index (χ2v) is 2.78. The molecule has 0 aliphatic heterocycles. The number of anilines is 1. The number of hydrogen-bond acceptors (Lipinski definition) is 4. The Morgan fingerprint density at radius 2 is 2.25 bits per heavy atom. The highest BCUT2D eigenvalue weighted by Crippen LogP contribution is 2.28. The number of nitro groups is 1. The van der Waals surface area contributed by atoms with Gasteiger partial charge in [-0.1, -0.05) is 13.8 Å². The van der Waals surface area contributed by atoms with Gasteiger partial charge in [-0.3, -0.25) is 15.2 Å². The van der Waals surface area contributed by atoms with Crippen molar-refractivity contribution in [1.29, 1.82) is 0 Å². The van der Waals surface area contributed by atoms with E-state index in [2.05, 4.69) is 10.2 Å². The lowest BCUT2D eigenvalue weighted by Crippen LogP contribution is -1.97. The lowest BCUT2D eigenvalue weighted by atomic mass is 10.1. The molecule has 0 radical (unpaired) electrons. The quantitative estimate of drug-likeness (QED) is 0.511. The van der Waals surface area contributed by atoms with Crippen LogP contribution in [0.15, 0.2) is 0 Å². The number of nitrogen functional groups attached to an aromatic ring is 1. The molecule has 0 saturated carbocycles. The summed E-state index contributed by atoms with van der Waals surface area (Å²) in [6.45, 7) is 3.67. The predicted molar refractivity (Wildman–Crippen MR) is 43.7 cm³/mol. The number of nitrogens with one attached hydrogen (secondary N) is 1. The maximum absolute atomic E-state index is 10.5. The molecule has 0 unspecified atom stereocenters. The minimum absolute atomic E-state index is 0.0233. The molecule has 0 saturated heterocycles. The molecule has 0 aliphatic carbocycles. The van der Waals surface area contributed by atoms with Gasteiger partial charge in [0, 0.05) is 5.92 Å². The Bertz CT molecular complexity index is 304. The fraction of sp³-hybridized carbons (Fsp3) is 0.500. The fourth-order valence-electron chi connectivity index (χ4n) is 0.959. The molecule has 0 aliphatic rings. The molecule has 1 aromatic rings. The van der Waals surface area contributed by atoms with Crippen LogP contribution in [0.3, 0.4) is 0 Å². The number of aromatic amines is 1. The number of aromatic nitrogens is 2. The third-order valence-corrected chi connectivity index (χ3v) is 1.55. The van der Waals surface area contributed by atoms with E-state index in [1.165, 1.54) is 0 Å². The first kappa shape index (κ1) is 8.51. The van der Waals surface area contributed by atoms with Crippen LogP contribution in [-0.2, 0) is 0 Å². The Kier molecular flexibility index (Phi) is 1.99. The van der Waals surface area contributed by atoms with Crippen molar-refractivity contribution >= 4 is 11.5 Å². The summed E-state index contributed by atoms with van der Waals surface area (Å²) in [6.07, 6.45) is 0. The standard InChI is InChI=1S/C6H10N4O2/c1-3(2)4-5(10(11)12)6(7)9-8-4/h3H,1-2H3,(H3,7,8,9). The summed E-state index contributed by atoms with van der Waals surface area (Å²) in [7, 11) is 0. The number of hydrogen-bond donors (Lipinski definition) is 2. The molecule has 1 rings (SSSR count). The van der Waals surface area contributed by atoms with Crippen LogP contribution < -0.4 is 5.73 Å². The zero-order chi connectivity index (χ0) is 9.30. The Morgan fingerprint density at radius 1 is 1.67 bits per heavy atom. The summed E-state index contributed by atoms with van der Waals surface area (Å²) >= 11 is 0. The second kappa shape index (κ2) is 2.80. The van der Waals surface area contributed by atoms with Crippen LogP contribution in [0.25, 0.3) is 0 Å². The summed E-state index contributed by atoms with van der Waals surface area (Å²) in [5.41, 5.74) is 5.66. The summed E-state index contributed by atoms with van der Waals surface area (Å²) in [5, 5.41) is 16.6. The Balaban J connectivity index is 3.21. The van der Waals surface area contributed by atoms with Crippen LogP contribution in [0, 0.1) is 10.1 Å². The molecule has 0 spiro atoms. The van der Waals surface area contributed by atoms with Crippen LogP contribution in [-0.4, -0.2) is 15.1 Å².